The van der Waals surface area contributed by atoms with Crippen molar-refractivity contribution in [1.29, 1.82) is 0 Å². The molecule has 1 heterocycles. The lowest BCUT2D eigenvalue weighted by Gasteiger charge is -2.21. The number of carbonyl (C=O) groups is 1. The second kappa shape index (κ2) is 13.0. The SMILES string of the molecule is CCC[NH+](CCC)Cc1c(OC(=O)c2ccc(C)cc2)ccc2c(=O)c(Oc3ccc(Cl)c(C)c3)c(C(F)(F)F)oc12. The van der Waals surface area contributed by atoms with Crippen LogP contribution in [0.15, 0.2) is 63.8 Å². The third kappa shape index (κ3) is 6.97. The normalized spacial score (nSPS) is 11.7. The van der Waals surface area contributed by atoms with Gasteiger partial charge in [0.25, 0.3) is 5.76 Å². The predicted molar refractivity (Wildman–Crippen MR) is 155 cm³/mol. The average Bonchev–Trinajstić information content (AvgIpc) is 2.93. The minimum Gasteiger partial charge on any atom is -0.449 e. The number of quaternary nitrogens is 1. The number of ether oxygens (including phenoxy) is 2. The molecule has 4 rings (SSSR count). The van der Waals surface area contributed by atoms with Crippen molar-refractivity contribution in [2.24, 2.45) is 0 Å². The Balaban J connectivity index is 1.91. The Morgan fingerprint density at radius 3 is 2.24 bits per heavy atom. The Hall–Kier alpha value is -3.82. The lowest BCUT2D eigenvalue weighted by atomic mass is 10.1. The number of esters is 1. The first-order valence-electron chi connectivity index (χ1n) is 13.7. The zero-order valence-corrected chi connectivity index (χ0v) is 24.5. The van der Waals surface area contributed by atoms with E-state index in [1.54, 1.807) is 31.2 Å². The molecular formula is C32H32ClF3NO5+. The minimum absolute atomic E-state index is 0.000525. The number of hydrogen-bond donors (Lipinski definition) is 1. The quantitative estimate of drug-likeness (QED) is 0.152. The van der Waals surface area contributed by atoms with Crippen molar-refractivity contribution in [3.05, 3.63) is 97.9 Å². The van der Waals surface area contributed by atoms with Crippen molar-refractivity contribution < 1.29 is 36.8 Å². The van der Waals surface area contributed by atoms with E-state index in [1.165, 1.54) is 30.3 Å². The van der Waals surface area contributed by atoms with Gasteiger partial charge in [0, 0.05) is 5.02 Å². The standard InChI is InChI=1S/C32H31ClF3NO5/c1-5-15-37(16-6-2)18-24-26(41-31(39)21-9-7-19(3)8-10-21)14-12-23-27(38)29(30(32(34,35)36)42-28(23)24)40-22-11-13-25(33)20(4)17-22/h7-14,17H,5-6,15-16,18H2,1-4H3/p+1. The van der Waals surface area contributed by atoms with Gasteiger partial charge in [-0.15, -0.1) is 0 Å². The molecule has 0 amide bonds. The zero-order chi connectivity index (χ0) is 30.6. The van der Waals surface area contributed by atoms with Crippen LogP contribution in [-0.2, 0) is 12.7 Å². The van der Waals surface area contributed by atoms with E-state index in [2.05, 4.69) is 0 Å². The van der Waals surface area contributed by atoms with E-state index in [0.29, 0.717) is 23.7 Å². The zero-order valence-electron chi connectivity index (χ0n) is 23.8. The Morgan fingerprint density at radius 1 is 0.976 bits per heavy atom. The van der Waals surface area contributed by atoms with Gasteiger partial charge in [-0.1, -0.05) is 43.1 Å². The first kappa shape index (κ1) is 31.1. The summed E-state index contributed by atoms with van der Waals surface area (Å²) >= 11 is 6.04. The summed E-state index contributed by atoms with van der Waals surface area (Å²) in [6.45, 7) is 9.14. The second-order valence-corrected chi connectivity index (χ2v) is 10.6. The molecule has 0 fully saturated rings. The molecule has 42 heavy (non-hydrogen) atoms. The van der Waals surface area contributed by atoms with Crippen LogP contribution in [0.3, 0.4) is 0 Å². The summed E-state index contributed by atoms with van der Waals surface area (Å²) in [5.41, 5.74) is 0.681. The fourth-order valence-corrected chi connectivity index (χ4v) is 4.84. The molecular weight excluding hydrogens is 571 g/mol. The smallest absolute Gasteiger partial charge is 0.449 e. The molecule has 0 spiro atoms. The number of benzene rings is 3. The van der Waals surface area contributed by atoms with Crippen molar-refractivity contribution in [3.8, 4) is 17.2 Å². The molecule has 0 radical (unpaired) electrons. The van der Waals surface area contributed by atoms with Gasteiger partial charge in [-0.25, -0.2) is 4.79 Å². The largest absolute Gasteiger partial charge is 0.453 e. The van der Waals surface area contributed by atoms with Gasteiger partial charge >= 0.3 is 12.1 Å². The Kier molecular flexibility index (Phi) is 9.64. The maximum atomic E-state index is 14.4. The second-order valence-electron chi connectivity index (χ2n) is 10.2. The third-order valence-electron chi connectivity index (χ3n) is 6.81. The minimum atomic E-state index is -5.06. The number of fused-ring (bicyclic) bond motifs is 1. The monoisotopic (exact) mass is 602 g/mol. The maximum Gasteiger partial charge on any atom is 0.453 e. The van der Waals surface area contributed by atoms with Crippen molar-refractivity contribution in [3.63, 3.8) is 0 Å². The molecule has 3 aromatic carbocycles. The van der Waals surface area contributed by atoms with Gasteiger partial charge < -0.3 is 18.8 Å². The highest BCUT2D eigenvalue weighted by molar-refractivity contribution is 6.31. The Morgan fingerprint density at radius 2 is 1.64 bits per heavy atom. The van der Waals surface area contributed by atoms with Gasteiger partial charge in [-0.05, 0) is 74.7 Å². The summed E-state index contributed by atoms with van der Waals surface area (Å²) in [5.74, 6) is -3.23. The van der Waals surface area contributed by atoms with Crippen LogP contribution in [0.25, 0.3) is 11.0 Å². The molecule has 10 heteroatoms. The first-order valence-corrected chi connectivity index (χ1v) is 14.1. The lowest BCUT2D eigenvalue weighted by Crippen LogP contribution is -3.10. The molecule has 0 saturated heterocycles. The summed E-state index contributed by atoms with van der Waals surface area (Å²) < 4.78 is 59.9. The lowest BCUT2D eigenvalue weighted by molar-refractivity contribution is -0.913. The van der Waals surface area contributed by atoms with Gasteiger partial charge in [0.2, 0.25) is 11.2 Å². The highest BCUT2D eigenvalue weighted by atomic mass is 35.5. The van der Waals surface area contributed by atoms with Crippen LogP contribution in [0.1, 0.15) is 59.5 Å². The van der Waals surface area contributed by atoms with E-state index in [1.807, 2.05) is 20.8 Å². The number of nitrogens with one attached hydrogen (secondary N) is 1. The molecule has 222 valence electrons. The molecule has 0 aliphatic rings. The summed E-state index contributed by atoms with van der Waals surface area (Å²) in [7, 11) is 0. The van der Waals surface area contributed by atoms with Crippen LogP contribution in [0.5, 0.6) is 17.2 Å². The van der Waals surface area contributed by atoms with Crippen molar-refractivity contribution >= 4 is 28.5 Å². The van der Waals surface area contributed by atoms with Gasteiger partial charge in [-0.2, -0.15) is 13.2 Å². The highest BCUT2D eigenvalue weighted by Crippen LogP contribution is 2.40. The number of halogens is 4. The van der Waals surface area contributed by atoms with Crippen LogP contribution < -0.4 is 19.8 Å². The van der Waals surface area contributed by atoms with E-state index in [-0.39, 0.29) is 40.1 Å². The van der Waals surface area contributed by atoms with E-state index in [9.17, 15) is 22.8 Å². The Labute approximate surface area is 246 Å². The summed E-state index contributed by atoms with van der Waals surface area (Å²) in [4.78, 5) is 27.7. The molecule has 0 aliphatic heterocycles. The van der Waals surface area contributed by atoms with E-state index >= 15 is 0 Å². The van der Waals surface area contributed by atoms with Crippen LogP contribution >= 0.6 is 11.6 Å². The highest BCUT2D eigenvalue weighted by Gasteiger charge is 2.41. The van der Waals surface area contributed by atoms with Gasteiger partial charge in [0.05, 0.1) is 29.6 Å². The van der Waals surface area contributed by atoms with E-state index in [0.717, 1.165) is 23.3 Å². The van der Waals surface area contributed by atoms with Gasteiger partial charge in [-0.3, -0.25) is 4.79 Å². The number of alkyl halides is 3. The van der Waals surface area contributed by atoms with Crippen LogP contribution in [0.2, 0.25) is 5.02 Å². The third-order valence-corrected chi connectivity index (χ3v) is 7.23. The van der Waals surface area contributed by atoms with Crippen LogP contribution in [0, 0.1) is 13.8 Å². The fourth-order valence-electron chi connectivity index (χ4n) is 4.73. The number of hydrogen-bond acceptors (Lipinski definition) is 5. The molecule has 6 nitrogen and oxygen atoms in total. The van der Waals surface area contributed by atoms with Crippen LogP contribution in [-0.4, -0.2) is 19.1 Å². The predicted octanol–water partition coefficient (Wildman–Crippen LogP) is 7.30. The van der Waals surface area contributed by atoms with Crippen molar-refractivity contribution in [1.82, 2.24) is 0 Å². The van der Waals surface area contributed by atoms with E-state index in [4.69, 9.17) is 25.5 Å². The topological polar surface area (TPSA) is 70.2 Å². The number of rotatable bonds is 10. The number of aryl methyl sites for hydroxylation is 2. The van der Waals surface area contributed by atoms with Crippen LogP contribution in [0.4, 0.5) is 13.2 Å². The first-order chi connectivity index (χ1) is 19.9. The molecule has 0 aliphatic carbocycles. The fraction of sp³-hybridized carbons (Fsp3) is 0.312. The summed E-state index contributed by atoms with van der Waals surface area (Å²) in [6.07, 6.45) is -3.43. The molecule has 1 aromatic heterocycles. The number of carbonyl (C=O) groups excluding carboxylic acids is 1. The summed E-state index contributed by atoms with van der Waals surface area (Å²) in [5, 5.41) is 0.272. The van der Waals surface area contributed by atoms with Gasteiger partial charge in [0.15, 0.2) is 5.58 Å². The Bertz CT molecular complexity index is 1640. The average molecular weight is 603 g/mol. The molecule has 1 N–H and O–H groups in total. The molecule has 4 aromatic rings. The van der Waals surface area contributed by atoms with Gasteiger partial charge in [0.1, 0.15) is 18.0 Å². The summed E-state index contributed by atoms with van der Waals surface area (Å²) in [6, 6.07) is 13.7. The van der Waals surface area contributed by atoms with E-state index < -0.39 is 29.1 Å². The maximum absolute atomic E-state index is 14.4. The molecule has 0 unspecified atom stereocenters. The molecule has 0 saturated carbocycles. The van der Waals surface area contributed by atoms with Crippen molar-refractivity contribution in [2.75, 3.05) is 13.1 Å². The molecule has 0 bridgehead atoms. The molecule has 0 atom stereocenters. The van der Waals surface area contributed by atoms with Crippen molar-refractivity contribution in [2.45, 2.75) is 53.3 Å².